The summed E-state index contributed by atoms with van der Waals surface area (Å²) in [6.07, 6.45) is 27.3. The van der Waals surface area contributed by atoms with Gasteiger partial charge in [-0.2, -0.15) is 0 Å². The van der Waals surface area contributed by atoms with Crippen molar-refractivity contribution in [2.45, 2.75) is 155 Å². The van der Waals surface area contributed by atoms with Crippen LogP contribution in [0.5, 0.6) is 0 Å². The van der Waals surface area contributed by atoms with Gasteiger partial charge in [-0.25, -0.2) is 0 Å². The maximum Gasteiger partial charge on any atom is 0.0718 e. The highest BCUT2D eigenvalue weighted by atomic mass is 31.0. The molecule has 1 atom stereocenters. The lowest BCUT2D eigenvalue weighted by atomic mass is 9.85. The summed E-state index contributed by atoms with van der Waals surface area (Å²) in [6, 6.07) is 0. The molecule has 0 bridgehead atoms. The molecule has 0 saturated heterocycles. The van der Waals surface area contributed by atoms with Gasteiger partial charge in [-0.3, -0.25) is 0 Å². The molecule has 0 radical (unpaired) electrons. The highest BCUT2D eigenvalue weighted by molar-refractivity contribution is 7.09. The van der Waals surface area contributed by atoms with Crippen LogP contribution in [0.15, 0.2) is 0 Å². The predicted molar refractivity (Wildman–Crippen MR) is 123 cm³/mol. The standard InChI is InChI=1S/C24H51OP/c1-4-7-10-13-16-19-22-24(25-26,21-18-15-12-9-6-3)23-20-17-14-11-8-5-2/h4-23,26H2,1-3H3. The first kappa shape index (κ1) is 26.4. The van der Waals surface area contributed by atoms with E-state index in [0.717, 1.165) is 0 Å². The smallest absolute Gasteiger partial charge is 0.0718 e. The third-order valence-corrected chi connectivity index (χ3v) is 6.46. The van der Waals surface area contributed by atoms with Crippen molar-refractivity contribution in [3.63, 3.8) is 0 Å². The summed E-state index contributed by atoms with van der Waals surface area (Å²) in [5.74, 6) is 0. The maximum absolute atomic E-state index is 6.12. The van der Waals surface area contributed by atoms with E-state index >= 15 is 0 Å². The van der Waals surface area contributed by atoms with Crippen molar-refractivity contribution in [2.24, 2.45) is 0 Å². The molecule has 0 rings (SSSR count). The van der Waals surface area contributed by atoms with Crippen LogP contribution in [0.1, 0.15) is 149 Å². The Morgan fingerprint density at radius 2 is 0.731 bits per heavy atom. The average Bonchev–Trinajstić information content (AvgIpc) is 2.66. The lowest BCUT2D eigenvalue weighted by Gasteiger charge is -2.33. The third-order valence-electron chi connectivity index (χ3n) is 5.96. The molecule has 0 amide bonds. The van der Waals surface area contributed by atoms with Gasteiger partial charge in [0.2, 0.25) is 0 Å². The first-order valence-electron chi connectivity index (χ1n) is 12.1. The second-order valence-electron chi connectivity index (χ2n) is 8.50. The molecule has 0 aliphatic rings. The van der Waals surface area contributed by atoms with Crippen molar-refractivity contribution >= 4 is 9.47 Å². The molecule has 1 unspecified atom stereocenters. The molecule has 0 N–H and O–H groups in total. The lowest BCUT2D eigenvalue weighted by molar-refractivity contribution is 0.0536. The summed E-state index contributed by atoms with van der Waals surface area (Å²) in [6.45, 7) is 6.89. The van der Waals surface area contributed by atoms with Crippen LogP contribution in [-0.2, 0) is 4.52 Å². The molecule has 158 valence electrons. The van der Waals surface area contributed by atoms with Crippen molar-refractivity contribution in [3.05, 3.63) is 0 Å². The minimum atomic E-state index is 0.145. The fourth-order valence-electron chi connectivity index (χ4n) is 4.06. The molecule has 2 heteroatoms. The number of hydrogen-bond acceptors (Lipinski definition) is 1. The molecule has 0 aromatic heterocycles. The van der Waals surface area contributed by atoms with Crippen molar-refractivity contribution in [1.82, 2.24) is 0 Å². The second-order valence-corrected chi connectivity index (χ2v) is 8.74. The highest BCUT2D eigenvalue weighted by Crippen LogP contribution is 2.34. The van der Waals surface area contributed by atoms with Crippen molar-refractivity contribution in [1.29, 1.82) is 0 Å². The molecule has 0 fully saturated rings. The molecule has 1 nitrogen and oxygen atoms in total. The van der Waals surface area contributed by atoms with Gasteiger partial charge in [0.15, 0.2) is 0 Å². The predicted octanol–water partition coefficient (Wildman–Crippen LogP) is 9.39. The summed E-state index contributed by atoms with van der Waals surface area (Å²) in [4.78, 5) is 0. The molecule has 26 heavy (non-hydrogen) atoms. The van der Waals surface area contributed by atoms with E-state index in [1.165, 1.54) is 128 Å². The van der Waals surface area contributed by atoms with E-state index in [9.17, 15) is 0 Å². The van der Waals surface area contributed by atoms with Crippen LogP contribution in [0.3, 0.4) is 0 Å². The van der Waals surface area contributed by atoms with Crippen molar-refractivity contribution in [3.8, 4) is 0 Å². The van der Waals surface area contributed by atoms with Crippen LogP contribution >= 0.6 is 9.47 Å². The molecule has 0 aromatic carbocycles. The quantitative estimate of drug-likeness (QED) is 0.141. The fraction of sp³-hybridized carbons (Fsp3) is 1.00. The van der Waals surface area contributed by atoms with Gasteiger partial charge < -0.3 is 4.52 Å². The summed E-state index contributed by atoms with van der Waals surface area (Å²) in [5, 5.41) is 0. The second kappa shape index (κ2) is 20.1. The van der Waals surface area contributed by atoms with E-state index in [1.807, 2.05) is 0 Å². The Morgan fingerprint density at radius 3 is 1.00 bits per heavy atom. The van der Waals surface area contributed by atoms with Crippen molar-refractivity contribution in [2.75, 3.05) is 0 Å². The zero-order valence-electron chi connectivity index (χ0n) is 18.6. The zero-order chi connectivity index (χ0) is 19.3. The first-order valence-corrected chi connectivity index (χ1v) is 12.6. The van der Waals surface area contributed by atoms with Crippen LogP contribution in [0, 0.1) is 0 Å². The molecule has 0 spiro atoms. The lowest BCUT2D eigenvalue weighted by Crippen LogP contribution is -2.29. The fourth-order valence-corrected chi connectivity index (χ4v) is 4.41. The summed E-state index contributed by atoms with van der Waals surface area (Å²) in [7, 11) is 2.63. The summed E-state index contributed by atoms with van der Waals surface area (Å²) < 4.78 is 6.12. The van der Waals surface area contributed by atoms with E-state index in [-0.39, 0.29) is 5.60 Å². The van der Waals surface area contributed by atoms with E-state index in [2.05, 4.69) is 30.2 Å². The molecular weight excluding hydrogens is 335 g/mol. The molecule has 0 aliphatic heterocycles. The molecular formula is C24H51OP. The van der Waals surface area contributed by atoms with Crippen LogP contribution in [0.2, 0.25) is 0 Å². The Labute approximate surface area is 169 Å². The summed E-state index contributed by atoms with van der Waals surface area (Å²) >= 11 is 0. The first-order chi connectivity index (χ1) is 12.7. The topological polar surface area (TPSA) is 9.23 Å². The summed E-state index contributed by atoms with van der Waals surface area (Å²) in [5.41, 5.74) is 0.145. The zero-order valence-corrected chi connectivity index (χ0v) is 19.8. The van der Waals surface area contributed by atoms with Crippen LogP contribution in [-0.4, -0.2) is 5.60 Å². The van der Waals surface area contributed by atoms with Crippen LogP contribution < -0.4 is 0 Å². The van der Waals surface area contributed by atoms with E-state index in [4.69, 9.17) is 4.52 Å². The Hall–Kier alpha value is 0.390. The largest absolute Gasteiger partial charge is 0.359 e. The molecule has 0 aromatic rings. The van der Waals surface area contributed by atoms with Crippen molar-refractivity contribution < 1.29 is 4.52 Å². The van der Waals surface area contributed by atoms with Crippen LogP contribution in [0.25, 0.3) is 0 Å². The van der Waals surface area contributed by atoms with E-state index < -0.39 is 0 Å². The van der Waals surface area contributed by atoms with Gasteiger partial charge in [0.05, 0.1) is 5.60 Å². The Kier molecular flexibility index (Phi) is 20.4. The van der Waals surface area contributed by atoms with Gasteiger partial charge >= 0.3 is 0 Å². The Bertz CT molecular complexity index is 251. The van der Waals surface area contributed by atoms with Gasteiger partial charge in [-0.15, -0.1) is 0 Å². The van der Waals surface area contributed by atoms with Crippen LogP contribution in [0.4, 0.5) is 0 Å². The number of unbranched alkanes of at least 4 members (excludes halogenated alkanes) is 14. The normalized spacial score (nSPS) is 12.0. The van der Waals surface area contributed by atoms with Gasteiger partial charge in [-0.05, 0) is 19.3 Å². The average molecular weight is 387 g/mol. The number of hydrogen-bond donors (Lipinski definition) is 0. The molecule has 0 aliphatic carbocycles. The minimum Gasteiger partial charge on any atom is -0.359 e. The Balaban J connectivity index is 4.22. The van der Waals surface area contributed by atoms with Gasteiger partial charge in [0, 0.05) is 9.47 Å². The minimum absolute atomic E-state index is 0.145. The molecule has 0 heterocycles. The number of rotatable bonds is 21. The van der Waals surface area contributed by atoms with E-state index in [0.29, 0.717) is 0 Å². The monoisotopic (exact) mass is 386 g/mol. The SMILES string of the molecule is CCCCCCCCC(CCCCCCC)(CCCCCCCC)OP. The van der Waals surface area contributed by atoms with Gasteiger partial charge in [-0.1, -0.05) is 130 Å². The molecule has 0 saturated carbocycles. The highest BCUT2D eigenvalue weighted by Gasteiger charge is 2.28. The maximum atomic E-state index is 6.12. The van der Waals surface area contributed by atoms with Gasteiger partial charge in [0.25, 0.3) is 0 Å². The van der Waals surface area contributed by atoms with Gasteiger partial charge in [0.1, 0.15) is 0 Å². The third kappa shape index (κ3) is 15.4. The Morgan fingerprint density at radius 1 is 0.462 bits per heavy atom. The van der Waals surface area contributed by atoms with E-state index in [1.54, 1.807) is 0 Å².